The van der Waals surface area contributed by atoms with Crippen LogP contribution >= 0.6 is 0 Å². The molecule has 3 nitrogen and oxygen atoms in total. The van der Waals surface area contributed by atoms with Crippen LogP contribution in [0.15, 0.2) is 53.4 Å². The van der Waals surface area contributed by atoms with Crippen molar-refractivity contribution in [2.24, 2.45) is 5.92 Å². The lowest BCUT2D eigenvalue weighted by atomic mass is 9.88. The summed E-state index contributed by atoms with van der Waals surface area (Å²) in [6, 6.07) is 15.9. The number of rotatable bonds is 6. The summed E-state index contributed by atoms with van der Waals surface area (Å²) in [5.41, 5.74) is 2.61. The molecule has 0 amide bonds. The molecule has 2 aromatic rings. The Morgan fingerprint density at radius 1 is 1.12 bits per heavy atom. The third-order valence-corrected chi connectivity index (χ3v) is 6.80. The quantitative estimate of drug-likeness (QED) is 0.702. The van der Waals surface area contributed by atoms with E-state index in [1.54, 1.807) is 19.2 Å². The minimum Gasteiger partial charge on any atom is -0.497 e. The summed E-state index contributed by atoms with van der Waals surface area (Å²) in [6.07, 6.45) is 6.06. The summed E-state index contributed by atoms with van der Waals surface area (Å²) >= 11 is 0. The molecule has 0 aromatic heterocycles. The Bertz CT molecular complexity index is 840. The highest BCUT2D eigenvalue weighted by Crippen LogP contribution is 2.42. The molecule has 140 valence electrons. The van der Waals surface area contributed by atoms with Crippen molar-refractivity contribution in [3.8, 4) is 5.75 Å². The molecule has 4 heteroatoms. The Balaban J connectivity index is 1.61. The molecule has 1 aliphatic rings. The van der Waals surface area contributed by atoms with Gasteiger partial charge in [0.15, 0.2) is 9.84 Å². The van der Waals surface area contributed by atoms with Crippen LogP contribution in [-0.2, 0) is 9.84 Å². The van der Waals surface area contributed by atoms with Crippen LogP contribution in [0.25, 0.3) is 0 Å². The van der Waals surface area contributed by atoms with Gasteiger partial charge in [0.05, 0.1) is 12.0 Å². The standard InChI is InChI=1S/C22H28O3S/c1-16(19-5-4-6-21(15-19)25-2)13-17-7-8-20(14-17)18-9-11-22(12-10-18)26(3,23)24/h4-6,9-12,15-17,20H,7-8,13-14H2,1-3H3/t16-,17?,20?/m0/s1. The smallest absolute Gasteiger partial charge is 0.175 e. The van der Waals surface area contributed by atoms with Gasteiger partial charge in [-0.25, -0.2) is 8.42 Å². The van der Waals surface area contributed by atoms with Gasteiger partial charge in [0.25, 0.3) is 0 Å². The number of methoxy groups -OCH3 is 1. The highest BCUT2D eigenvalue weighted by molar-refractivity contribution is 7.90. The molecule has 0 radical (unpaired) electrons. The van der Waals surface area contributed by atoms with Crippen LogP contribution < -0.4 is 4.74 Å². The van der Waals surface area contributed by atoms with Gasteiger partial charge >= 0.3 is 0 Å². The molecule has 1 fully saturated rings. The molecule has 2 aromatic carbocycles. The first kappa shape index (κ1) is 19.0. The third-order valence-electron chi connectivity index (χ3n) is 5.67. The molecule has 1 saturated carbocycles. The molecule has 0 N–H and O–H groups in total. The lowest BCUT2D eigenvalue weighted by molar-refractivity contribution is 0.412. The predicted octanol–water partition coefficient (Wildman–Crippen LogP) is 5.18. The summed E-state index contributed by atoms with van der Waals surface area (Å²) in [6.45, 7) is 2.29. The summed E-state index contributed by atoms with van der Waals surface area (Å²) in [7, 11) is -1.41. The first-order valence-electron chi connectivity index (χ1n) is 9.31. The van der Waals surface area contributed by atoms with E-state index < -0.39 is 9.84 Å². The van der Waals surface area contributed by atoms with Gasteiger partial charge in [0.2, 0.25) is 0 Å². The van der Waals surface area contributed by atoms with E-state index in [0.717, 1.165) is 11.7 Å². The Labute approximate surface area is 157 Å². The van der Waals surface area contributed by atoms with Crippen LogP contribution in [0.5, 0.6) is 5.75 Å². The van der Waals surface area contributed by atoms with E-state index in [1.165, 1.54) is 43.1 Å². The van der Waals surface area contributed by atoms with Crippen LogP contribution in [0.3, 0.4) is 0 Å². The normalized spacial score (nSPS) is 21.5. The average Bonchev–Trinajstić information content (AvgIpc) is 3.09. The minimum absolute atomic E-state index is 0.405. The molecule has 2 unspecified atom stereocenters. The monoisotopic (exact) mass is 372 g/mol. The zero-order chi connectivity index (χ0) is 18.7. The second kappa shape index (κ2) is 7.83. The van der Waals surface area contributed by atoms with E-state index in [4.69, 9.17) is 4.74 Å². The molecule has 0 heterocycles. The minimum atomic E-state index is -3.12. The van der Waals surface area contributed by atoms with Gasteiger partial charge in [-0.3, -0.25) is 0 Å². The van der Waals surface area contributed by atoms with E-state index in [-0.39, 0.29) is 0 Å². The van der Waals surface area contributed by atoms with Crippen molar-refractivity contribution in [1.82, 2.24) is 0 Å². The molecule has 0 saturated heterocycles. The van der Waals surface area contributed by atoms with Crippen LogP contribution in [0, 0.1) is 5.92 Å². The summed E-state index contributed by atoms with van der Waals surface area (Å²) in [4.78, 5) is 0.405. The highest BCUT2D eigenvalue weighted by Gasteiger charge is 2.27. The molecule has 0 bridgehead atoms. The lowest BCUT2D eigenvalue weighted by Crippen LogP contribution is -2.03. The Kier molecular flexibility index (Phi) is 5.71. The molecule has 0 spiro atoms. The topological polar surface area (TPSA) is 43.4 Å². The maximum Gasteiger partial charge on any atom is 0.175 e. The number of hydrogen-bond donors (Lipinski definition) is 0. The van der Waals surface area contributed by atoms with Gasteiger partial charge in [-0.05, 0) is 78.8 Å². The fraction of sp³-hybridized carbons (Fsp3) is 0.455. The van der Waals surface area contributed by atoms with E-state index in [2.05, 4.69) is 25.1 Å². The predicted molar refractivity (Wildman–Crippen MR) is 106 cm³/mol. The number of benzene rings is 2. The molecule has 0 aliphatic heterocycles. The van der Waals surface area contributed by atoms with E-state index in [1.807, 2.05) is 18.2 Å². The van der Waals surface area contributed by atoms with E-state index >= 15 is 0 Å². The van der Waals surface area contributed by atoms with Gasteiger partial charge < -0.3 is 4.74 Å². The van der Waals surface area contributed by atoms with Crippen molar-refractivity contribution in [3.63, 3.8) is 0 Å². The van der Waals surface area contributed by atoms with Crippen LogP contribution in [0.4, 0.5) is 0 Å². The van der Waals surface area contributed by atoms with Gasteiger partial charge in [-0.1, -0.05) is 31.2 Å². The second-order valence-corrected chi connectivity index (χ2v) is 9.65. The number of hydrogen-bond acceptors (Lipinski definition) is 3. The molecule has 3 atom stereocenters. The van der Waals surface area contributed by atoms with Crippen molar-refractivity contribution < 1.29 is 13.2 Å². The van der Waals surface area contributed by atoms with Crippen molar-refractivity contribution in [2.45, 2.75) is 49.3 Å². The van der Waals surface area contributed by atoms with Crippen molar-refractivity contribution in [2.75, 3.05) is 13.4 Å². The molecule has 3 rings (SSSR count). The maximum atomic E-state index is 11.6. The van der Waals surface area contributed by atoms with Crippen molar-refractivity contribution in [1.29, 1.82) is 0 Å². The van der Waals surface area contributed by atoms with E-state index in [9.17, 15) is 8.42 Å². The van der Waals surface area contributed by atoms with Gasteiger partial charge in [-0.2, -0.15) is 0 Å². The molecular weight excluding hydrogens is 344 g/mol. The van der Waals surface area contributed by atoms with E-state index in [0.29, 0.717) is 16.7 Å². The largest absolute Gasteiger partial charge is 0.497 e. The second-order valence-electron chi connectivity index (χ2n) is 7.63. The summed E-state index contributed by atoms with van der Waals surface area (Å²) in [5.74, 6) is 2.70. The number of sulfone groups is 1. The van der Waals surface area contributed by atoms with Gasteiger partial charge in [-0.15, -0.1) is 0 Å². The maximum absolute atomic E-state index is 11.6. The third kappa shape index (κ3) is 4.47. The Hall–Kier alpha value is -1.81. The molecular formula is C22H28O3S. The van der Waals surface area contributed by atoms with Gasteiger partial charge in [0.1, 0.15) is 5.75 Å². The highest BCUT2D eigenvalue weighted by atomic mass is 32.2. The average molecular weight is 373 g/mol. The lowest BCUT2D eigenvalue weighted by Gasteiger charge is -2.18. The van der Waals surface area contributed by atoms with Crippen LogP contribution in [0.2, 0.25) is 0 Å². The first-order chi connectivity index (χ1) is 12.4. The van der Waals surface area contributed by atoms with Crippen molar-refractivity contribution >= 4 is 9.84 Å². The fourth-order valence-electron chi connectivity index (χ4n) is 4.16. The fourth-order valence-corrected chi connectivity index (χ4v) is 4.79. The van der Waals surface area contributed by atoms with Crippen LogP contribution in [0.1, 0.15) is 55.6 Å². The zero-order valence-corrected chi connectivity index (χ0v) is 16.6. The molecule has 26 heavy (non-hydrogen) atoms. The number of ether oxygens (including phenoxy) is 1. The summed E-state index contributed by atoms with van der Waals surface area (Å²) < 4.78 is 28.6. The Morgan fingerprint density at radius 3 is 2.50 bits per heavy atom. The van der Waals surface area contributed by atoms with Gasteiger partial charge in [0, 0.05) is 6.26 Å². The Morgan fingerprint density at radius 2 is 1.85 bits per heavy atom. The zero-order valence-electron chi connectivity index (χ0n) is 15.8. The van der Waals surface area contributed by atoms with Crippen LogP contribution in [-0.4, -0.2) is 21.8 Å². The summed E-state index contributed by atoms with van der Waals surface area (Å²) in [5, 5.41) is 0. The first-order valence-corrected chi connectivity index (χ1v) is 11.2. The van der Waals surface area contributed by atoms with Crippen molar-refractivity contribution in [3.05, 3.63) is 59.7 Å². The molecule has 1 aliphatic carbocycles. The SMILES string of the molecule is COc1cccc([C@@H](C)CC2CCC(c3ccc(S(C)(=O)=O)cc3)C2)c1.